The number of aromatic nitrogens is 4. The minimum absolute atomic E-state index is 0.522. The highest BCUT2D eigenvalue weighted by Gasteiger charge is 2.20. The molecule has 9 heteroatoms. The Morgan fingerprint density at radius 1 is 1.58 bits per heavy atom. The van der Waals surface area contributed by atoms with Gasteiger partial charge in [-0.25, -0.2) is 4.68 Å². The zero-order chi connectivity index (χ0) is 14.1. The molecular formula is C10H19N5O3S. The Morgan fingerprint density at radius 2 is 2.37 bits per heavy atom. The maximum absolute atomic E-state index is 11.0. The number of tetrazole rings is 1. The molecule has 0 amide bonds. The average molecular weight is 289 g/mol. The summed E-state index contributed by atoms with van der Waals surface area (Å²) < 4.78 is 6.52. The van der Waals surface area contributed by atoms with Gasteiger partial charge in [0.25, 0.3) is 0 Å². The van der Waals surface area contributed by atoms with E-state index < -0.39 is 11.2 Å². The van der Waals surface area contributed by atoms with Crippen molar-refractivity contribution in [1.82, 2.24) is 25.5 Å². The molecule has 0 saturated carbocycles. The lowest BCUT2D eigenvalue weighted by molar-refractivity contribution is -0.136. The highest BCUT2D eigenvalue weighted by Crippen LogP contribution is 2.22. The summed E-state index contributed by atoms with van der Waals surface area (Å²) in [6, 6.07) is 0. The van der Waals surface area contributed by atoms with Crippen LogP contribution in [0.5, 0.6) is 0 Å². The van der Waals surface area contributed by atoms with Crippen LogP contribution in [0.4, 0.5) is 0 Å². The number of carboxylic acid groups (broad SMARTS) is 1. The number of hydrogen-bond donors (Lipinski definition) is 2. The van der Waals surface area contributed by atoms with Crippen LogP contribution in [0.1, 0.15) is 13.3 Å². The van der Waals surface area contributed by atoms with E-state index in [0.29, 0.717) is 31.3 Å². The second-order valence-corrected chi connectivity index (χ2v) is 4.95. The summed E-state index contributed by atoms with van der Waals surface area (Å²) in [4.78, 5) is 11.0. The fourth-order valence-corrected chi connectivity index (χ4v) is 2.20. The molecule has 2 N–H and O–H groups in total. The molecule has 0 aliphatic carbocycles. The number of nitrogens with zero attached hydrogens (tertiary/aromatic N) is 4. The Kier molecular flexibility index (Phi) is 7.38. The van der Waals surface area contributed by atoms with Crippen LogP contribution in [0, 0.1) is 0 Å². The molecule has 0 spiro atoms. The van der Waals surface area contributed by atoms with Crippen LogP contribution in [0.3, 0.4) is 0 Å². The van der Waals surface area contributed by atoms with Gasteiger partial charge in [-0.05, 0) is 16.8 Å². The molecule has 1 unspecified atom stereocenters. The molecular weight excluding hydrogens is 270 g/mol. The summed E-state index contributed by atoms with van der Waals surface area (Å²) in [5, 5.41) is 23.5. The smallest absolute Gasteiger partial charge is 0.317 e. The van der Waals surface area contributed by atoms with E-state index in [1.807, 2.05) is 6.92 Å². The number of nitrogens with one attached hydrogen (secondary N) is 1. The van der Waals surface area contributed by atoms with Gasteiger partial charge in [-0.1, -0.05) is 18.7 Å². The normalized spacial score (nSPS) is 12.5. The third-order valence-electron chi connectivity index (χ3n) is 2.38. The molecule has 19 heavy (non-hydrogen) atoms. The minimum atomic E-state index is -0.847. The molecule has 8 nitrogen and oxygen atoms in total. The van der Waals surface area contributed by atoms with E-state index in [2.05, 4.69) is 20.8 Å². The predicted molar refractivity (Wildman–Crippen MR) is 70.1 cm³/mol. The highest BCUT2D eigenvalue weighted by molar-refractivity contribution is 8.00. The van der Waals surface area contributed by atoms with Gasteiger partial charge in [0.05, 0.1) is 13.2 Å². The number of hydrogen-bond acceptors (Lipinski definition) is 7. The molecule has 0 radical (unpaired) electrons. The van der Waals surface area contributed by atoms with Gasteiger partial charge in [0, 0.05) is 20.2 Å². The number of thioether (sulfide) groups is 1. The summed E-state index contributed by atoms with van der Waals surface area (Å²) in [6.45, 7) is 4.52. The van der Waals surface area contributed by atoms with Crippen LogP contribution in [-0.4, -0.2) is 63.3 Å². The van der Waals surface area contributed by atoms with Crippen molar-refractivity contribution in [2.45, 2.75) is 30.3 Å². The Hall–Kier alpha value is -1.19. The molecule has 108 valence electrons. The van der Waals surface area contributed by atoms with E-state index in [0.717, 1.165) is 6.54 Å². The summed E-state index contributed by atoms with van der Waals surface area (Å²) in [7, 11) is 1.65. The Bertz CT molecular complexity index is 387. The molecule has 0 bridgehead atoms. The predicted octanol–water partition coefficient (Wildman–Crippen LogP) is -0.136. The zero-order valence-electron chi connectivity index (χ0n) is 11.1. The third-order valence-corrected chi connectivity index (χ3v) is 3.70. The molecule has 0 aliphatic rings. The van der Waals surface area contributed by atoms with Crippen LogP contribution < -0.4 is 5.32 Å². The Labute approximate surface area is 115 Å². The summed E-state index contributed by atoms with van der Waals surface area (Å²) in [5.74, 6) is -0.847. The molecule has 1 heterocycles. The van der Waals surface area contributed by atoms with Crippen molar-refractivity contribution >= 4 is 17.7 Å². The van der Waals surface area contributed by atoms with Crippen LogP contribution in [-0.2, 0) is 16.1 Å². The quantitative estimate of drug-likeness (QED) is 0.453. The summed E-state index contributed by atoms with van der Waals surface area (Å²) in [6.07, 6.45) is 0.527. The van der Waals surface area contributed by atoms with Gasteiger partial charge in [0.2, 0.25) is 5.16 Å². The van der Waals surface area contributed by atoms with Crippen LogP contribution in [0.15, 0.2) is 5.16 Å². The highest BCUT2D eigenvalue weighted by atomic mass is 32.2. The van der Waals surface area contributed by atoms with Crippen molar-refractivity contribution in [3.63, 3.8) is 0 Å². The SMILES string of the molecule is CCC(Sc1nnnn1CCNCCOC)C(=O)O. The summed E-state index contributed by atoms with van der Waals surface area (Å²) in [5.41, 5.74) is 0. The van der Waals surface area contributed by atoms with Crippen molar-refractivity contribution < 1.29 is 14.6 Å². The molecule has 1 aromatic heterocycles. The van der Waals surface area contributed by atoms with E-state index in [1.54, 1.807) is 11.8 Å². The standard InChI is InChI=1S/C10H19N5O3S/c1-3-8(9(16)17)19-10-12-13-14-15(10)6-4-11-5-7-18-2/h8,11H,3-7H2,1-2H3,(H,16,17). The fourth-order valence-electron chi connectivity index (χ4n) is 1.34. The Balaban J connectivity index is 2.43. The number of carbonyl (C=O) groups is 1. The number of methoxy groups -OCH3 is 1. The first-order valence-electron chi connectivity index (χ1n) is 6.04. The van der Waals surface area contributed by atoms with Crippen molar-refractivity contribution in [1.29, 1.82) is 0 Å². The van der Waals surface area contributed by atoms with E-state index in [9.17, 15) is 4.79 Å². The molecule has 1 rings (SSSR count). The lowest BCUT2D eigenvalue weighted by atomic mass is 10.3. The van der Waals surface area contributed by atoms with E-state index >= 15 is 0 Å². The minimum Gasteiger partial charge on any atom is -0.480 e. The topological polar surface area (TPSA) is 102 Å². The van der Waals surface area contributed by atoms with Crippen LogP contribution >= 0.6 is 11.8 Å². The number of carboxylic acids is 1. The van der Waals surface area contributed by atoms with Crippen molar-refractivity contribution in [2.24, 2.45) is 0 Å². The van der Waals surface area contributed by atoms with E-state index in [4.69, 9.17) is 9.84 Å². The number of ether oxygens (including phenoxy) is 1. The fraction of sp³-hybridized carbons (Fsp3) is 0.800. The summed E-state index contributed by atoms with van der Waals surface area (Å²) >= 11 is 1.17. The van der Waals surface area contributed by atoms with E-state index in [-0.39, 0.29) is 0 Å². The second kappa shape index (κ2) is 8.83. The van der Waals surface area contributed by atoms with Crippen LogP contribution in [0.2, 0.25) is 0 Å². The van der Waals surface area contributed by atoms with Gasteiger partial charge in [0.15, 0.2) is 0 Å². The molecule has 0 aromatic carbocycles. The number of rotatable bonds is 10. The van der Waals surface area contributed by atoms with Gasteiger partial charge in [-0.3, -0.25) is 4.79 Å². The van der Waals surface area contributed by atoms with E-state index in [1.165, 1.54) is 11.8 Å². The number of aliphatic carboxylic acids is 1. The van der Waals surface area contributed by atoms with Crippen LogP contribution in [0.25, 0.3) is 0 Å². The van der Waals surface area contributed by atoms with Crippen molar-refractivity contribution in [3.05, 3.63) is 0 Å². The van der Waals surface area contributed by atoms with Gasteiger partial charge in [0.1, 0.15) is 5.25 Å². The second-order valence-electron chi connectivity index (χ2n) is 3.78. The van der Waals surface area contributed by atoms with Crippen molar-refractivity contribution in [3.8, 4) is 0 Å². The monoisotopic (exact) mass is 289 g/mol. The molecule has 1 aromatic rings. The first-order chi connectivity index (χ1) is 9.19. The Morgan fingerprint density at radius 3 is 3.00 bits per heavy atom. The first-order valence-corrected chi connectivity index (χ1v) is 6.92. The zero-order valence-corrected chi connectivity index (χ0v) is 11.9. The molecule has 1 atom stereocenters. The van der Waals surface area contributed by atoms with Gasteiger partial charge in [-0.15, -0.1) is 5.10 Å². The maximum atomic E-state index is 11.0. The molecule has 0 fully saturated rings. The van der Waals surface area contributed by atoms with Gasteiger partial charge in [-0.2, -0.15) is 0 Å². The maximum Gasteiger partial charge on any atom is 0.317 e. The molecule has 0 saturated heterocycles. The first kappa shape index (κ1) is 15.9. The lowest BCUT2D eigenvalue weighted by Crippen LogP contribution is -2.24. The lowest BCUT2D eigenvalue weighted by Gasteiger charge is -2.09. The molecule has 0 aliphatic heterocycles. The third kappa shape index (κ3) is 5.53. The van der Waals surface area contributed by atoms with Gasteiger partial charge >= 0.3 is 5.97 Å². The van der Waals surface area contributed by atoms with Crippen molar-refractivity contribution in [2.75, 3.05) is 26.8 Å². The largest absolute Gasteiger partial charge is 0.480 e. The average Bonchev–Trinajstić information content (AvgIpc) is 2.82. The van der Waals surface area contributed by atoms with Gasteiger partial charge < -0.3 is 15.2 Å².